The van der Waals surface area contributed by atoms with Crippen LogP contribution in [0.15, 0.2) is 71.6 Å². The molecule has 0 radical (unpaired) electrons. The number of thiophene rings is 1. The van der Waals surface area contributed by atoms with E-state index < -0.39 is 11.9 Å². The standard InChI is InChI=1S/C32H30FN3O6S/c1-39-29-15-25-26(16-30(29)41-18-23(37)17-36-9-11-40-12-10-36)34-8-6-27(25)42-28-5-2-20-14-22(3-4-24(20)31(28)33)35-32(38)21-7-13-43-19-21/h2-8,13-16,19,23,37H,9-12,17-18H2,1H3,(H,35,38)/t23-/m0/s1. The van der Waals surface area contributed by atoms with Gasteiger partial charge in [0.25, 0.3) is 5.91 Å². The lowest BCUT2D eigenvalue weighted by molar-refractivity contribution is 0.00446. The van der Waals surface area contributed by atoms with Gasteiger partial charge in [0.15, 0.2) is 23.1 Å². The number of pyridine rings is 1. The van der Waals surface area contributed by atoms with E-state index in [0.29, 0.717) is 69.9 Å². The van der Waals surface area contributed by atoms with E-state index in [1.54, 1.807) is 66.2 Å². The van der Waals surface area contributed by atoms with E-state index >= 15 is 4.39 Å². The summed E-state index contributed by atoms with van der Waals surface area (Å²) in [4.78, 5) is 19.0. The molecule has 43 heavy (non-hydrogen) atoms. The Labute approximate surface area is 251 Å². The highest BCUT2D eigenvalue weighted by atomic mass is 32.1. The van der Waals surface area contributed by atoms with E-state index in [0.717, 1.165) is 13.1 Å². The largest absolute Gasteiger partial charge is 0.493 e. The number of methoxy groups -OCH3 is 1. The van der Waals surface area contributed by atoms with Crippen molar-refractivity contribution in [3.63, 3.8) is 0 Å². The number of morpholine rings is 1. The summed E-state index contributed by atoms with van der Waals surface area (Å²) in [5, 5.41) is 18.5. The molecule has 1 fully saturated rings. The van der Waals surface area contributed by atoms with Crippen molar-refractivity contribution in [1.82, 2.24) is 9.88 Å². The first-order chi connectivity index (χ1) is 21.0. The fraction of sp³-hybridized carbons (Fsp3) is 0.250. The zero-order valence-corrected chi connectivity index (χ0v) is 24.2. The summed E-state index contributed by atoms with van der Waals surface area (Å²) in [7, 11) is 1.52. The summed E-state index contributed by atoms with van der Waals surface area (Å²) >= 11 is 1.44. The van der Waals surface area contributed by atoms with E-state index in [4.69, 9.17) is 18.9 Å². The van der Waals surface area contributed by atoms with Gasteiger partial charge in [-0.05, 0) is 53.2 Å². The number of nitrogens with zero attached hydrogens (tertiary/aromatic N) is 2. The van der Waals surface area contributed by atoms with Crippen molar-refractivity contribution in [1.29, 1.82) is 0 Å². The van der Waals surface area contributed by atoms with Crippen LogP contribution in [0.2, 0.25) is 0 Å². The van der Waals surface area contributed by atoms with Crippen LogP contribution < -0.4 is 19.5 Å². The maximum absolute atomic E-state index is 15.6. The minimum atomic E-state index is -0.690. The predicted octanol–water partition coefficient (Wildman–Crippen LogP) is 5.71. The molecule has 6 rings (SSSR count). The van der Waals surface area contributed by atoms with Gasteiger partial charge < -0.3 is 29.4 Å². The third kappa shape index (κ3) is 6.55. The van der Waals surface area contributed by atoms with Gasteiger partial charge >= 0.3 is 0 Å². The normalized spacial score (nSPS) is 14.5. The Hall–Kier alpha value is -4.29. The molecule has 2 N–H and O–H groups in total. The molecule has 1 aliphatic rings. The van der Waals surface area contributed by atoms with Crippen molar-refractivity contribution in [2.75, 3.05) is 51.9 Å². The number of rotatable bonds is 10. The number of nitrogens with one attached hydrogen (secondary N) is 1. The summed E-state index contributed by atoms with van der Waals surface area (Å²) < 4.78 is 38.5. The number of benzene rings is 3. The number of ether oxygens (including phenoxy) is 4. The second kappa shape index (κ2) is 12.9. The number of hydrogen-bond donors (Lipinski definition) is 2. The third-order valence-corrected chi connectivity index (χ3v) is 7.85. The Balaban J connectivity index is 1.19. The number of hydrogen-bond acceptors (Lipinski definition) is 9. The van der Waals surface area contributed by atoms with Crippen LogP contribution in [0.25, 0.3) is 21.7 Å². The number of fused-ring (bicyclic) bond motifs is 2. The molecule has 2 aromatic heterocycles. The zero-order chi connectivity index (χ0) is 29.8. The van der Waals surface area contributed by atoms with Crippen LogP contribution in [-0.2, 0) is 4.74 Å². The first-order valence-electron chi connectivity index (χ1n) is 13.8. The van der Waals surface area contributed by atoms with Gasteiger partial charge in [-0.25, -0.2) is 4.39 Å². The number of amides is 1. The minimum absolute atomic E-state index is 0.0422. The Morgan fingerprint density at radius 2 is 1.93 bits per heavy atom. The monoisotopic (exact) mass is 603 g/mol. The summed E-state index contributed by atoms with van der Waals surface area (Å²) in [6.07, 6.45) is 0.882. The highest BCUT2D eigenvalue weighted by Gasteiger charge is 2.18. The lowest BCUT2D eigenvalue weighted by atomic mass is 10.1. The Kier molecular flexibility index (Phi) is 8.66. The molecule has 1 saturated heterocycles. The number of aliphatic hydroxyl groups excluding tert-OH is 1. The van der Waals surface area contributed by atoms with Gasteiger partial charge in [0.1, 0.15) is 18.5 Å². The first-order valence-corrected chi connectivity index (χ1v) is 14.7. The second-order valence-electron chi connectivity index (χ2n) is 10.1. The zero-order valence-electron chi connectivity index (χ0n) is 23.4. The Bertz CT molecular complexity index is 1740. The molecule has 5 aromatic rings. The van der Waals surface area contributed by atoms with Gasteiger partial charge in [-0.2, -0.15) is 11.3 Å². The van der Waals surface area contributed by atoms with E-state index in [9.17, 15) is 9.90 Å². The molecule has 0 unspecified atom stereocenters. The molecule has 0 bridgehead atoms. The van der Waals surface area contributed by atoms with Crippen LogP contribution >= 0.6 is 11.3 Å². The molecule has 9 nitrogen and oxygen atoms in total. The van der Waals surface area contributed by atoms with E-state index in [2.05, 4.69) is 15.2 Å². The molecule has 222 valence electrons. The van der Waals surface area contributed by atoms with E-state index in [-0.39, 0.29) is 18.3 Å². The van der Waals surface area contributed by atoms with Gasteiger partial charge in [-0.1, -0.05) is 6.07 Å². The van der Waals surface area contributed by atoms with Crippen molar-refractivity contribution >= 4 is 44.6 Å². The highest BCUT2D eigenvalue weighted by molar-refractivity contribution is 7.08. The lowest BCUT2D eigenvalue weighted by Gasteiger charge is -2.28. The number of carbonyl (C=O) groups excluding carboxylic acids is 1. The topological polar surface area (TPSA) is 102 Å². The molecule has 0 saturated carbocycles. The summed E-state index contributed by atoms with van der Waals surface area (Å²) in [6, 6.07) is 15.1. The summed E-state index contributed by atoms with van der Waals surface area (Å²) in [5.41, 5.74) is 1.69. The Morgan fingerprint density at radius 1 is 1.07 bits per heavy atom. The third-order valence-electron chi connectivity index (χ3n) is 7.17. The predicted molar refractivity (Wildman–Crippen MR) is 163 cm³/mol. The Morgan fingerprint density at radius 3 is 2.72 bits per heavy atom. The van der Waals surface area contributed by atoms with E-state index in [1.165, 1.54) is 18.4 Å². The molecular formula is C32H30FN3O6S. The fourth-order valence-electron chi connectivity index (χ4n) is 4.95. The van der Waals surface area contributed by atoms with Gasteiger partial charge in [0, 0.05) is 53.7 Å². The first kappa shape index (κ1) is 28.8. The van der Waals surface area contributed by atoms with Crippen molar-refractivity contribution in [3.8, 4) is 23.0 Å². The van der Waals surface area contributed by atoms with E-state index in [1.807, 2.05) is 5.38 Å². The van der Waals surface area contributed by atoms with Crippen molar-refractivity contribution in [3.05, 3.63) is 82.9 Å². The van der Waals surface area contributed by atoms with Crippen LogP contribution in [0.3, 0.4) is 0 Å². The maximum atomic E-state index is 15.6. The van der Waals surface area contributed by atoms with Crippen LogP contribution in [0, 0.1) is 5.82 Å². The minimum Gasteiger partial charge on any atom is -0.493 e. The van der Waals surface area contributed by atoms with Crippen molar-refractivity contribution in [2.24, 2.45) is 0 Å². The van der Waals surface area contributed by atoms with Crippen LogP contribution in [-0.4, -0.2) is 73.6 Å². The quantitative estimate of drug-likeness (QED) is 0.209. The molecular weight excluding hydrogens is 573 g/mol. The van der Waals surface area contributed by atoms with Crippen LogP contribution in [0.4, 0.5) is 10.1 Å². The number of aliphatic hydroxyl groups is 1. The number of anilines is 1. The van der Waals surface area contributed by atoms with Gasteiger partial charge in [-0.3, -0.25) is 14.7 Å². The van der Waals surface area contributed by atoms with Crippen molar-refractivity contribution in [2.45, 2.75) is 6.10 Å². The van der Waals surface area contributed by atoms with Crippen LogP contribution in [0.5, 0.6) is 23.0 Å². The molecule has 3 heterocycles. The van der Waals surface area contributed by atoms with Crippen molar-refractivity contribution < 1.29 is 33.2 Å². The summed E-state index contributed by atoms with van der Waals surface area (Å²) in [6.45, 7) is 3.42. The number of carbonyl (C=O) groups is 1. The molecule has 3 aromatic carbocycles. The van der Waals surface area contributed by atoms with Gasteiger partial charge in [-0.15, -0.1) is 0 Å². The van der Waals surface area contributed by atoms with Gasteiger partial charge in [0.05, 0.1) is 31.4 Å². The molecule has 0 spiro atoms. The smallest absolute Gasteiger partial charge is 0.256 e. The molecule has 1 aliphatic heterocycles. The fourth-order valence-corrected chi connectivity index (χ4v) is 5.59. The molecule has 11 heteroatoms. The maximum Gasteiger partial charge on any atom is 0.256 e. The number of halogens is 1. The molecule has 1 atom stereocenters. The number of aromatic nitrogens is 1. The average molecular weight is 604 g/mol. The van der Waals surface area contributed by atoms with Crippen LogP contribution in [0.1, 0.15) is 10.4 Å². The van der Waals surface area contributed by atoms with Gasteiger partial charge in [0.2, 0.25) is 0 Å². The summed E-state index contributed by atoms with van der Waals surface area (Å²) in [5.74, 6) is 0.540. The highest BCUT2D eigenvalue weighted by Crippen LogP contribution is 2.38. The second-order valence-corrected chi connectivity index (χ2v) is 10.9. The molecule has 0 aliphatic carbocycles. The average Bonchev–Trinajstić information content (AvgIpc) is 3.57. The molecule has 1 amide bonds. The lowest BCUT2D eigenvalue weighted by Crippen LogP contribution is -2.42. The SMILES string of the molecule is COc1cc2c(Oc3ccc4cc(NC(=O)c5ccsc5)ccc4c3F)ccnc2cc1OC[C@@H](O)CN1CCOCC1. The number of β-amino-alcohol motifs (C(OH)–C–C–N with tert-alkyl or cyclic N) is 1.